The Hall–Kier alpha value is -8.81. The molecule has 0 spiro atoms. The number of carboxylic acid groups (broad SMARTS) is 3. The van der Waals surface area contributed by atoms with Gasteiger partial charge in [-0.15, -0.1) is 0 Å². The lowest BCUT2D eigenvalue weighted by molar-refractivity contribution is -0.142. The molecule has 0 aromatic heterocycles. The van der Waals surface area contributed by atoms with Crippen LogP contribution in [0.5, 0.6) is 11.5 Å². The predicted octanol–water partition coefficient (Wildman–Crippen LogP) is -1.40. The average Bonchev–Trinajstić information content (AvgIpc) is 3.38. The van der Waals surface area contributed by atoms with E-state index >= 15 is 0 Å². The van der Waals surface area contributed by atoms with Gasteiger partial charge in [-0.3, -0.25) is 48.6 Å². The van der Waals surface area contributed by atoms with Crippen molar-refractivity contribution in [3.8, 4) is 11.5 Å². The summed E-state index contributed by atoms with van der Waals surface area (Å²) in [5, 5.41) is 76.6. The highest BCUT2D eigenvalue weighted by atomic mass is 16.4. The fraction of sp³-hybridized carbons (Fsp3) is 0.431. The molecule has 26 nitrogen and oxygen atoms in total. The zero-order valence-electron chi connectivity index (χ0n) is 42.6. The largest absolute Gasteiger partial charge is 0.508 e. The normalized spacial score (nSPS) is 14.0. The van der Waals surface area contributed by atoms with Crippen LogP contribution in [0.1, 0.15) is 75.5 Å². The second-order valence-corrected chi connectivity index (χ2v) is 18.1. The summed E-state index contributed by atoms with van der Waals surface area (Å²) in [6.45, 7) is 2.81. The number of amides is 7. The van der Waals surface area contributed by atoms with Crippen molar-refractivity contribution in [2.75, 3.05) is 13.1 Å². The van der Waals surface area contributed by atoms with Crippen LogP contribution >= 0.6 is 0 Å². The molecule has 418 valence electrons. The van der Waals surface area contributed by atoms with E-state index in [-0.39, 0.29) is 63.0 Å². The van der Waals surface area contributed by atoms with Crippen LogP contribution in [0.25, 0.3) is 0 Å². The van der Waals surface area contributed by atoms with E-state index in [1.165, 1.54) is 48.5 Å². The second kappa shape index (κ2) is 31.8. The Balaban J connectivity index is 2.02. The Bertz CT molecular complexity index is 2520. The van der Waals surface area contributed by atoms with Gasteiger partial charge in [0.15, 0.2) is 5.96 Å². The lowest BCUT2D eigenvalue weighted by Gasteiger charge is -2.29. The van der Waals surface area contributed by atoms with Crippen LogP contribution in [0.4, 0.5) is 0 Å². The number of aromatic hydroxyl groups is 2. The number of phenolic OH excluding ortho intramolecular Hbond substituents is 2. The van der Waals surface area contributed by atoms with Crippen molar-refractivity contribution in [3.05, 3.63) is 95.6 Å². The van der Waals surface area contributed by atoms with Crippen LogP contribution in [0.3, 0.4) is 0 Å². The quantitative estimate of drug-likeness (QED) is 0.0189. The van der Waals surface area contributed by atoms with E-state index in [9.17, 15) is 73.5 Å². The van der Waals surface area contributed by atoms with Gasteiger partial charge in [-0.05, 0) is 72.6 Å². The highest BCUT2D eigenvalue weighted by molar-refractivity contribution is 5.98. The topological polar surface area (TPSA) is 444 Å². The number of rotatable bonds is 33. The number of phenols is 2. The van der Waals surface area contributed by atoms with Crippen LogP contribution in [0.2, 0.25) is 0 Å². The molecule has 3 aromatic rings. The monoisotopic (exact) mass is 1080 g/mol. The summed E-state index contributed by atoms with van der Waals surface area (Å²) in [7, 11) is 0. The molecule has 0 aliphatic heterocycles. The lowest BCUT2D eigenvalue weighted by Crippen LogP contribution is -2.61. The molecule has 0 radical (unpaired) electrons. The number of hydrogen-bond acceptors (Lipinski definition) is 14. The first-order valence-electron chi connectivity index (χ1n) is 24.7. The molecule has 0 fully saturated rings. The summed E-state index contributed by atoms with van der Waals surface area (Å²) in [4.78, 5) is 133. The summed E-state index contributed by atoms with van der Waals surface area (Å²) >= 11 is 0. The Morgan fingerprint density at radius 1 is 0.519 bits per heavy atom. The van der Waals surface area contributed by atoms with Crippen molar-refractivity contribution in [2.45, 2.75) is 120 Å². The highest BCUT2D eigenvalue weighted by Crippen LogP contribution is 2.16. The second-order valence-electron chi connectivity index (χ2n) is 18.1. The fourth-order valence-corrected chi connectivity index (χ4v) is 7.63. The number of guanidine groups is 1. The minimum atomic E-state index is -1.73. The van der Waals surface area contributed by atoms with Gasteiger partial charge in [-0.25, -0.2) is 4.79 Å². The number of benzene rings is 3. The number of aliphatic carboxylic acids is 3. The number of hydrogen-bond donors (Lipinski definition) is 16. The third kappa shape index (κ3) is 22.7. The molecular weight excluding hydrogens is 1010 g/mol. The van der Waals surface area contributed by atoms with E-state index in [4.69, 9.17) is 16.9 Å². The van der Waals surface area contributed by atoms with E-state index in [2.05, 4.69) is 42.5 Å². The molecule has 0 unspecified atom stereocenters. The maximum absolute atomic E-state index is 14.5. The average molecular weight is 1080 g/mol. The van der Waals surface area contributed by atoms with E-state index < -0.39 is 139 Å². The van der Waals surface area contributed by atoms with Crippen molar-refractivity contribution < 1.29 is 73.5 Å². The standard InChI is InChI=1S/C51H69N11O15/c1-3-28(2)43(62-46(72)35(19-21-41(66)67)56-40(65)27-52)49(75)58-34(10-7-23-55-51(53)54)44(70)59-37(24-30-11-15-32(63)16-12-30)47(73)57-36(20-22-42(68)69)45(71)60-38(25-31-13-17-33(64)18-14-31)48(74)61-39(50(76)77)26-29-8-5-4-6-9-29/h4-6,8-9,11-18,28,34-39,43,63-64H,3,7,10,19-27,52H2,1-2H3,(H,56,65)(H,57,73)(H,58,75)(H,59,70)(H,60,71)(H,61,74)(H,62,72)(H,66,67)(H,68,69)(H,76,77)(H4,53,54,55)/t28-,34-,35-,36-,37-,38-,39-,43-/m0/s1. The summed E-state index contributed by atoms with van der Waals surface area (Å²) in [5.41, 5.74) is 12.2. The van der Waals surface area contributed by atoms with Gasteiger partial charge in [0.1, 0.15) is 53.8 Å². The van der Waals surface area contributed by atoms with Crippen LogP contribution < -0.4 is 54.0 Å². The van der Waals surface area contributed by atoms with Crippen molar-refractivity contribution in [3.63, 3.8) is 0 Å². The Kier molecular flexibility index (Phi) is 25.8. The first-order valence-corrected chi connectivity index (χ1v) is 24.7. The molecule has 0 saturated heterocycles. The Morgan fingerprint density at radius 2 is 0.909 bits per heavy atom. The smallest absolute Gasteiger partial charge is 0.326 e. The third-order valence-electron chi connectivity index (χ3n) is 12.1. The number of carbonyl (C=O) groups is 10. The summed E-state index contributed by atoms with van der Waals surface area (Å²) in [6.07, 6.45) is -2.73. The molecule has 0 aliphatic rings. The summed E-state index contributed by atoms with van der Waals surface area (Å²) in [5.74, 6) is -12.0. The Morgan fingerprint density at radius 3 is 1.35 bits per heavy atom. The van der Waals surface area contributed by atoms with Crippen molar-refractivity contribution in [1.82, 2.24) is 42.5 Å². The van der Waals surface area contributed by atoms with Crippen molar-refractivity contribution in [2.24, 2.45) is 17.4 Å². The van der Waals surface area contributed by atoms with E-state index in [1.54, 1.807) is 44.2 Å². The molecule has 18 N–H and O–H groups in total. The molecule has 77 heavy (non-hydrogen) atoms. The molecule has 7 amide bonds. The molecule has 0 saturated carbocycles. The molecule has 0 aliphatic carbocycles. The van der Waals surface area contributed by atoms with Crippen molar-refractivity contribution in [1.29, 1.82) is 5.41 Å². The van der Waals surface area contributed by atoms with Crippen LogP contribution in [0.15, 0.2) is 78.9 Å². The molecule has 8 atom stereocenters. The first-order chi connectivity index (χ1) is 36.5. The summed E-state index contributed by atoms with van der Waals surface area (Å²) < 4.78 is 0. The van der Waals surface area contributed by atoms with Crippen LogP contribution in [-0.2, 0) is 67.2 Å². The molecule has 26 heteroatoms. The van der Waals surface area contributed by atoms with Gasteiger partial charge in [0.2, 0.25) is 41.4 Å². The number of carbonyl (C=O) groups excluding carboxylic acids is 7. The molecule has 3 aromatic carbocycles. The number of nitrogens with two attached hydrogens (primary N) is 2. The molecule has 0 bridgehead atoms. The van der Waals surface area contributed by atoms with Crippen LogP contribution in [-0.4, -0.2) is 146 Å². The van der Waals surface area contributed by atoms with Gasteiger partial charge in [-0.2, -0.15) is 0 Å². The lowest BCUT2D eigenvalue weighted by atomic mass is 9.96. The van der Waals surface area contributed by atoms with Gasteiger partial charge in [0.05, 0.1) is 6.54 Å². The fourth-order valence-electron chi connectivity index (χ4n) is 7.63. The zero-order valence-corrected chi connectivity index (χ0v) is 42.6. The van der Waals surface area contributed by atoms with E-state index in [1.807, 2.05) is 0 Å². The van der Waals surface area contributed by atoms with Crippen molar-refractivity contribution >= 4 is 65.2 Å². The minimum absolute atomic E-state index is 0.0279. The van der Waals surface area contributed by atoms with Gasteiger partial charge in [0.25, 0.3) is 0 Å². The maximum Gasteiger partial charge on any atom is 0.326 e. The molecule has 0 heterocycles. The number of carboxylic acids is 3. The van der Waals surface area contributed by atoms with Gasteiger partial charge in [0, 0.05) is 38.6 Å². The zero-order chi connectivity index (χ0) is 57.2. The molecular formula is C51H69N11O15. The highest BCUT2D eigenvalue weighted by Gasteiger charge is 2.36. The predicted molar refractivity (Wildman–Crippen MR) is 276 cm³/mol. The van der Waals surface area contributed by atoms with Gasteiger partial charge < -0.3 is 79.5 Å². The van der Waals surface area contributed by atoms with E-state index in [0.717, 1.165) is 0 Å². The van der Waals surface area contributed by atoms with Gasteiger partial charge in [-0.1, -0.05) is 74.9 Å². The van der Waals surface area contributed by atoms with Gasteiger partial charge >= 0.3 is 17.9 Å². The number of nitrogens with one attached hydrogen (secondary N) is 9. The SMILES string of the molecule is CC[C@H](C)[C@H](NC(=O)[C@H](CCC(=O)O)NC(=O)CN)C(=O)N[C@@H](CCCNC(=N)N)C(=O)N[C@@H](Cc1ccc(O)cc1)C(=O)N[C@@H](CCC(=O)O)C(=O)N[C@@H](Cc1ccc(O)cc1)C(=O)N[C@@H](Cc1ccccc1)C(=O)O. The summed E-state index contributed by atoms with van der Waals surface area (Å²) in [6, 6.07) is 8.67. The van der Waals surface area contributed by atoms with Crippen LogP contribution in [0, 0.1) is 11.3 Å². The maximum atomic E-state index is 14.5. The molecule has 3 rings (SSSR count). The first kappa shape index (κ1) is 62.5. The Labute approximate surface area is 443 Å². The van der Waals surface area contributed by atoms with E-state index in [0.29, 0.717) is 16.7 Å². The third-order valence-corrected chi connectivity index (χ3v) is 12.1. The minimum Gasteiger partial charge on any atom is -0.508 e.